The van der Waals surface area contributed by atoms with Crippen molar-refractivity contribution < 1.29 is 9.15 Å². The van der Waals surface area contributed by atoms with Crippen LogP contribution in [0.4, 0.5) is 0 Å². The summed E-state index contributed by atoms with van der Waals surface area (Å²) < 4.78 is 12.4. The Bertz CT molecular complexity index is 527. The maximum absolute atomic E-state index is 5.34. The number of hydrogen-bond donors (Lipinski definition) is 0. The molecule has 3 heterocycles. The third kappa shape index (κ3) is 3.29. The van der Waals surface area contributed by atoms with E-state index in [1.165, 1.54) is 0 Å². The van der Waals surface area contributed by atoms with Crippen LogP contribution in [-0.2, 0) is 17.8 Å². The average molecular weight is 260 g/mol. The molecular formula is C13H16N4O2. The number of aromatic nitrogens is 3. The molecule has 2 aromatic heterocycles. The number of rotatable bonds is 5. The zero-order valence-electron chi connectivity index (χ0n) is 10.6. The molecule has 6 nitrogen and oxygen atoms in total. The third-order valence-corrected chi connectivity index (χ3v) is 3.08. The first kappa shape index (κ1) is 12.1. The molecule has 2 aromatic rings. The summed E-state index contributed by atoms with van der Waals surface area (Å²) in [4.78, 5) is 4.27. The fourth-order valence-electron chi connectivity index (χ4n) is 2.09. The molecule has 1 aliphatic rings. The lowest BCUT2D eigenvalue weighted by Crippen LogP contribution is -2.11. The number of hydrogen-bond acceptors (Lipinski definition) is 5. The van der Waals surface area contributed by atoms with E-state index >= 15 is 0 Å². The van der Waals surface area contributed by atoms with E-state index in [1.54, 1.807) is 12.5 Å². The molecule has 100 valence electrons. The van der Waals surface area contributed by atoms with Crippen molar-refractivity contribution in [2.75, 3.05) is 13.2 Å². The molecule has 0 aromatic carbocycles. The molecule has 0 radical (unpaired) electrons. The zero-order chi connectivity index (χ0) is 12.9. The van der Waals surface area contributed by atoms with Gasteiger partial charge in [0, 0.05) is 19.1 Å². The Morgan fingerprint density at radius 2 is 2.53 bits per heavy atom. The molecule has 0 bridgehead atoms. The monoisotopic (exact) mass is 260 g/mol. The standard InChI is InChI=1S/C13H16N4O2/c1-2-13(19-4-1)7-14-6-12-9-17(16-15-12)8-11-3-5-18-10-11/h1-2,4,6,9,11H,3,5,7-8,10H2/t11-/m0/s1. The topological polar surface area (TPSA) is 65.4 Å². The maximum atomic E-state index is 5.34. The Morgan fingerprint density at radius 1 is 1.53 bits per heavy atom. The highest BCUT2D eigenvalue weighted by Crippen LogP contribution is 2.13. The highest BCUT2D eigenvalue weighted by molar-refractivity contribution is 5.76. The van der Waals surface area contributed by atoms with Crippen LogP contribution in [-0.4, -0.2) is 34.4 Å². The second-order valence-electron chi connectivity index (χ2n) is 4.64. The van der Waals surface area contributed by atoms with Gasteiger partial charge >= 0.3 is 0 Å². The fraction of sp³-hybridized carbons (Fsp3) is 0.462. The van der Waals surface area contributed by atoms with E-state index < -0.39 is 0 Å². The van der Waals surface area contributed by atoms with Crippen molar-refractivity contribution in [1.82, 2.24) is 15.0 Å². The first-order valence-corrected chi connectivity index (χ1v) is 6.40. The lowest BCUT2D eigenvalue weighted by Gasteiger charge is -2.05. The molecule has 0 saturated carbocycles. The minimum absolute atomic E-state index is 0.524. The minimum Gasteiger partial charge on any atom is -0.467 e. The first-order chi connectivity index (χ1) is 9.40. The van der Waals surface area contributed by atoms with E-state index in [0.29, 0.717) is 12.5 Å². The van der Waals surface area contributed by atoms with Crippen molar-refractivity contribution >= 4 is 6.21 Å². The van der Waals surface area contributed by atoms with Crippen LogP contribution in [0.1, 0.15) is 17.9 Å². The molecule has 1 atom stereocenters. The number of nitrogens with zero attached hydrogens (tertiary/aromatic N) is 4. The highest BCUT2D eigenvalue weighted by atomic mass is 16.5. The van der Waals surface area contributed by atoms with Gasteiger partial charge in [-0.3, -0.25) is 9.67 Å². The van der Waals surface area contributed by atoms with Crippen molar-refractivity contribution in [3.8, 4) is 0 Å². The van der Waals surface area contributed by atoms with Crippen LogP contribution in [0.2, 0.25) is 0 Å². The van der Waals surface area contributed by atoms with E-state index in [4.69, 9.17) is 9.15 Å². The largest absolute Gasteiger partial charge is 0.467 e. The Hall–Kier alpha value is -1.95. The quantitative estimate of drug-likeness (QED) is 0.765. The summed E-state index contributed by atoms with van der Waals surface area (Å²) in [6, 6.07) is 3.75. The van der Waals surface area contributed by atoms with Crippen LogP contribution in [0, 0.1) is 5.92 Å². The van der Waals surface area contributed by atoms with Crippen molar-refractivity contribution in [2.45, 2.75) is 19.5 Å². The molecular weight excluding hydrogens is 244 g/mol. The van der Waals surface area contributed by atoms with E-state index in [0.717, 1.165) is 37.6 Å². The first-order valence-electron chi connectivity index (χ1n) is 6.40. The Kier molecular flexibility index (Phi) is 3.69. The third-order valence-electron chi connectivity index (χ3n) is 3.08. The van der Waals surface area contributed by atoms with Gasteiger partial charge in [-0.2, -0.15) is 0 Å². The van der Waals surface area contributed by atoms with Crippen LogP contribution >= 0.6 is 0 Å². The molecule has 1 saturated heterocycles. The maximum Gasteiger partial charge on any atom is 0.125 e. The summed E-state index contributed by atoms with van der Waals surface area (Å²) in [6.45, 7) is 3.06. The van der Waals surface area contributed by atoms with Crippen LogP contribution in [0.15, 0.2) is 34.0 Å². The number of aliphatic imine (C=N–C) groups is 1. The van der Waals surface area contributed by atoms with Gasteiger partial charge in [-0.1, -0.05) is 5.21 Å². The molecule has 0 spiro atoms. The van der Waals surface area contributed by atoms with Gasteiger partial charge in [-0.15, -0.1) is 5.10 Å². The number of furan rings is 1. The molecule has 0 aliphatic carbocycles. The van der Waals surface area contributed by atoms with Gasteiger partial charge in [-0.25, -0.2) is 0 Å². The molecule has 0 unspecified atom stereocenters. The molecule has 1 aliphatic heterocycles. The zero-order valence-corrected chi connectivity index (χ0v) is 10.6. The molecule has 0 N–H and O–H groups in total. The van der Waals surface area contributed by atoms with Gasteiger partial charge in [0.2, 0.25) is 0 Å². The Balaban J connectivity index is 1.53. The SMILES string of the molecule is C(=NCc1ccco1)c1cn(C[C@@H]2CCOC2)nn1. The van der Waals surface area contributed by atoms with Crippen LogP contribution < -0.4 is 0 Å². The van der Waals surface area contributed by atoms with Gasteiger partial charge < -0.3 is 9.15 Å². The number of ether oxygens (including phenoxy) is 1. The molecule has 19 heavy (non-hydrogen) atoms. The van der Waals surface area contributed by atoms with Gasteiger partial charge in [0.1, 0.15) is 11.5 Å². The van der Waals surface area contributed by atoms with E-state index in [1.807, 2.05) is 23.0 Å². The van der Waals surface area contributed by atoms with Gasteiger partial charge in [-0.05, 0) is 18.6 Å². The van der Waals surface area contributed by atoms with E-state index in [-0.39, 0.29) is 0 Å². The second kappa shape index (κ2) is 5.79. The molecule has 3 rings (SSSR count). The van der Waals surface area contributed by atoms with Crippen LogP contribution in [0.25, 0.3) is 0 Å². The van der Waals surface area contributed by atoms with Crippen molar-refractivity contribution in [3.63, 3.8) is 0 Å². The lowest BCUT2D eigenvalue weighted by molar-refractivity contribution is 0.181. The smallest absolute Gasteiger partial charge is 0.125 e. The van der Waals surface area contributed by atoms with Crippen LogP contribution in [0.3, 0.4) is 0 Å². The molecule has 0 amide bonds. The van der Waals surface area contributed by atoms with Crippen molar-refractivity contribution in [2.24, 2.45) is 10.9 Å². The Labute approximate surface area is 111 Å². The predicted octanol–water partition coefficient (Wildman–Crippen LogP) is 1.53. The summed E-state index contributed by atoms with van der Waals surface area (Å²) in [7, 11) is 0. The van der Waals surface area contributed by atoms with Gasteiger partial charge in [0.15, 0.2) is 0 Å². The van der Waals surface area contributed by atoms with Gasteiger partial charge in [0.25, 0.3) is 0 Å². The Morgan fingerprint density at radius 3 is 3.32 bits per heavy atom. The second-order valence-corrected chi connectivity index (χ2v) is 4.64. The average Bonchev–Trinajstić information content (AvgIpc) is 3.12. The van der Waals surface area contributed by atoms with E-state index in [9.17, 15) is 0 Å². The molecule has 1 fully saturated rings. The minimum atomic E-state index is 0.524. The van der Waals surface area contributed by atoms with Crippen LogP contribution in [0.5, 0.6) is 0 Å². The normalized spacial score (nSPS) is 19.5. The summed E-state index contributed by atoms with van der Waals surface area (Å²) in [5.74, 6) is 1.39. The summed E-state index contributed by atoms with van der Waals surface area (Å²) in [5.41, 5.74) is 0.769. The van der Waals surface area contributed by atoms with Crippen molar-refractivity contribution in [3.05, 3.63) is 36.0 Å². The highest BCUT2D eigenvalue weighted by Gasteiger charge is 2.16. The summed E-state index contributed by atoms with van der Waals surface area (Å²) in [6.07, 6.45) is 6.37. The summed E-state index contributed by atoms with van der Waals surface area (Å²) >= 11 is 0. The van der Waals surface area contributed by atoms with Crippen molar-refractivity contribution in [1.29, 1.82) is 0 Å². The van der Waals surface area contributed by atoms with E-state index in [2.05, 4.69) is 15.3 Å². The lowest BCUT2D eigenvalue weighted by atomic mass is 10.1. The fourth-order valence-corrected chi connectivity index (χ4v) is 2.09. The summed E-state index contributed by atoms with van der Waals surface area (Å²) in [5, 5.41) is 8.16. The molecule has 6 heteroatoms. The van der Waals surface area contributed by atoms with Gasteiger partial charge in [0.05, 0.1) is 31.8 Å². The predicted molar refractivity (Wildman–Crippen MR) is 69.0 cm³/mol.